The van der Waals surface area contributed by atoms with Crippen molar-refractivity contribution in [3.63, 3.8) is 0 Å². The van der Waals surface area contributed by atoms with Crippen molar-refractivity contribution >= 4 is 22.9 Å². The normalized spacial score (nSPS) is 16.0. The largest absolute Gasteiger partial charge is 0.494 e. The second kappa shape index (κ2) is 9.52. The molecule has 34 heavy (non-hydrogen) atoms. The molecule has 4 aromatic rings. The Morgan fingerprint density at radius 3 is 2.56 bits per heavy atom. The Labute approximate surface area is 203 Å². The average Bonchev–Trinajstić information content (AvgIpc) is 3.55. The van der Waals surface area contributed by atoms with Crippen LogP contribution in [-0.2, 0) is 6.54 Å². The maximum absolute atomic E-state index is 5.78. The smallest absolute Gasteiger partial charge is 0.258 e. The zero-order valence-electron chi connectivity index (χ0n) is 18.9. The summed E-state index contributed by atoms with van der Waals surface area (Å²) >= 11 is 5.75. The van der Waals surface area contributed by atoms with Gasteiger partial charge in [0.05, 0.1) is 31.0 Å². The van der Waals surface area contributed by atoms with E-state index in [4.69, 9.17) is 30.9 Å². The molecule has 2 aromatic carbocycles. The van der Waals surface area contributed by atoms with E-state index in [2.05, 4.69) is 10.5 Å². The highest BCUT2D eigenvalue weighted by atomic mass is 32.1. The summed E-state index contributed by atoms with van der Waals surface area (Å²) in [6, 6.07) is 21.2. The number of rotatable bonds is 7. The second-order valence-electron chi connectivity index (χ2n) is 7.84. The van der Waals surface area contributed by atoms with Crippen molar-refractivity contribution < 1.29 is 13.7 Å². The molecule has 5 rings (SSSR count). The van der Waals surface area contributed by atoms with Crippen LogP contribution in [0.5, 0.6) is 5.75 Å². The highest BCUT2D eigenvalue weighted by molar-refractivity contribution is 7.80. The lowest BCUT2D eigenvalue weighted by atomic mass is 9.94. The first-order valence-corrected chi connectivity index (χ1v) is 11.5. The van der Waals surface area contributed by atoms with Crippen LogP contribution in [0, 0.1) is 0 Å². The zero-order chi connectivity index (χ0) is 23.5. The molecular weight excluding hydrogens is 448 g/mol. The molecule has 1 unspecified atom stereocenters. The topological polar surface area (TPSA) is 76.6 Å². The van der Waals surface area contributed by atoms with E-state index in [1.165, 1.54) is 0 Å². The second-order valence-corrected chi connectivity index (χ2v) is 8.23. The van der Waals surface area contributed by atoms with Crippen molar-refractivity contribution in [1.82, 2.24) is 20.4 Å². The number of nitrogens with zero attached hydrogens (tertiary/aromatic N) is 3. The first-order chi connectivity index (χ1) is 16.6. The number of benzene rings is 2. The lowest BCUT2D eigenvalue weighted by Crippen LogP contribution is -2.45. The van der Waals surface area contributed by atoms with Crippen molar-refractivity contribution in [2.75, 3.05) is 6.61 Å². The van der Waals surface area contributed by atoms with E-state index in [-0.39, 0.29) is 6.04 Å². The Balaban J connectivity index is 1.57. The summed E-state index contributed by atoms with van der Waals surface area (Å²) in [5, 5.41) is 8.31. The number of aromatic nitrogens is 2. The molecule has 172 valence electrons. The van der Waals surface area contributed by atoms with Gasteiger partial charge in [0.2, 0.25) is 5.82 Å². The molecule has 0 saturated carbocycles. The van der Waals surface area contributed by atoms with Crippen LogP contribution < -0.4 is 10.1 Å². The van der Waals surface area contributed by atoms with E-state index < -0.39 is 0 Å². The van der Waals surface area contributed by atoms with Crippen LogP contribution in [0.25, 0.3) is 17.0 Å². The summed E-state index contributed by atoms with van der Waals surface area (Å²) in [5.41, 5.74) is 3.68. The third-order valence-electron chi connectivity index (χ3n) is 5.70. The van der Waals surface area contributed by atoms with Crippen LogP contribution >= 0.6 is 12.2 Å². The van der Waals surface area contributed by atoms with Gasteiger partial charge in [-0.1, -0.05) is 47.6 Å². The summed E-state index contributed by atoms with van der Waals surface area (Å²) in [5.74, 6) is 2.59. The molecule has 0 radical (unpaired) electrons. The van der Waals surface area contributed by atoms with Crippen molar-refractivity contribution in [2.45, 2.75) is 26.4 Å². The Bertz CT molecular complexity index is 1300. The number of furan rings is 1. The van der Waals surface area contributed by atoms with Crippen LogP contribution in [0.3, 0.4) is 0 Å². The molecule has 3 heterocycles. The summed E-state index contributed by atoms with van der Waals surface area (Å²) in [6.07, 6.45) is 1.66. The minimum absolute atomic E-state index is 0.264. The third-order valence-corrected chi connectivity index (χ3v) is 6.04. The van der Waals surface area contributed by atoms with Crippen LogP contribution in [0.2, 0.25) is 0 Å². The van der Waals surface area contributed by atoms with Crippen molar-refractivity contribution in [3.05, 3.63) is 95.9 Å². The predicted octanol–water partition coefficient (Wildman–Crippen LogP) is 5.59. The van der Waals surface area contributed by atoms with Gasteiger partial charge in [0.25, 0.3) is 5.89 Å². The Kier molecular flexibility index (Phi) is 6.14. The molecule has 0 bridgehead atoms. The molecular formula is C26H24N4O3S. The molecule has 8 heteroatoms. The van der Waals surface area contributed by atoms with E-state index in [0.717, 1.165) is 33.9 Å². The van der Waals surface area contributed by atoms with Crippen LogP contribution in [-0.4, -0.2) is 26.8 Å². The highest BCUT2D eigenvalue weighted by Gasteiger charge is 2.34. The van der Waals surface area contributed by atoms with Gasteiger partial charge in [0, 0.05) is 11.3 Å². The third kappa shape index (κ3) is 4.32. The first-order valence-electron chi connectivity index (χ1n) is 11.1. The zero-order valence-corrected chi connectivity index (χ0v) is 19.7. The average molecular weight is 473 g/mol. The predicted molar refractivity (Wildman–Crippen MR) is 133 cm³/mol. The number of hydrogen-bond acceptors (Lipinski definition) is 6. The maximum Gasteiger partial charge on any atom is 0.258 e. The van der Waals surface area contributed by atoms with Crippen molar-refractivity contribution in [3.8, 4) is 17.1 Å². The quantitative estimate of drug-likeness (QED) is 0.349. The fourth-order valence-electron chi connectivity index (χ4n) is 4.02. The van der Waals surface area contributed by atoms with Crippen LogP contribution in [0.1, 0.15) is 37.1 Å². The minimum atomic E-state index is -0.264. The van der Waals surface area contributed by atoms with Gasteiger partial charge >= 0.3 is 0 Å². The number of hydrogen-bond donors (Lipinski definition) is 1. The van der Waals surface area contributed by atoms with Gasteiger partial charge in [-0.2, -0.15) is 4.98 Å². The van der Waals surface area contributed by atoms with Crippen molar-refractivity contribution in [2.24, 2.45) is 0 Å². The lowest BCUT2D eigenvalue weighted by molar-refractivity contribution is 0.340. The fraction of sp³-hybridized carbons (Fsp3) is 0.192. The van der Waals surface area contributed by atoms with E-state index in [1.54, 1.807) is 6.26 Å². The monoisotopic (exact) mass is 472 g/mol. The van der Waals surface area contributed by atoms with Gasteiger partial charge in [-0.3, -0.25) is 0 Å². The molecule has 1 atom stereocenters. The Hall–Kier alpha value is -3.91. The van der Waals surface area contributed by atoms with Crippen LogP contribution in [0.15, 0.2) is 87.6 Å². The minimum Gasteiger partial charge on any atom is -0.494 e. The number of thiocarbonyl (C=S) groups is 1. The van der Waals surface area contributed by atoms with E-state index in [1.807, 2.05) is 85.5 Å². The highest BCUT2D eigenvalue weighted by Crippen LogP contribution is 2.38. The molecule has 0 spiro atoms. The standard InChI is InChI=1S/C26H24N4O3S/c1-3-31-20-13-11-18(12-14-20)23-22(25-28-24(29-33-25)19-8-5-4-6-9-19)17(2)30(26(34)27-23)16-21-10-7-15-32-21/h4-15,23H,3,16H2,1-2H3,(H,27,34). The van der Waals surface area contributed by atoms with Crippen LogP contribution in [0.4, 0.5) is 0 Å². The van der Waals surface area contributed by atoms with Gasteiger partial charge in [0.15, 0.2) is 5.11 Å². The van der Waals surface area contributed by atoms with E-state index >= 15 is 0 Å². The Morgan fingerprint density at radius 2 is 1.85 bits per heavy atom. The first kappa shape index (κ1) is 21.9. The molecule has 7 nitrogen and oxygen atoms in total. The Morgan fingerprint density at radius 1 is 1.06 bits per heavy atom. The molecule has 1 N–H and O–H groups in total. The fourth-order valence-corrected chi connectivity index (χ4v) is 4.34. The summed E-state index contributed by atoms with van der Waals surface area (Å²) in [6.45, 7) is 5.08. The summed E-state index contributed by atoms with van der Waals surface area (Å²) in [7, 11) is 0. The molecule has 0 aliphatic carbocycles. The van der Waals surface area contributed by atoms with Gasteiger partial charge in [-0.15, -0.1) is 0 Å². The number of ether oxygens (including phenoxy) is 1. The molecule has 0 amide bonds. The summed E-state index contributed by atoms with van der Waals surface area (Å²) < 4.78 is 17.0. The molecule has 1 aliphatic rings. The van der Waals surface area contributed by atoms with E-state index in [9.17, 15) is 0 Å². The lowest BCUT2D eigenvalue weighted by Gasteiger charge is -2.37. The van der Waals surface area contributed by atoms with Gasteiger partial charge in [-0.05, 0) is 55.9 Å². The molecule has 0 saturated heterocycles. The molecule has 2 aromatic heterocycles. The number of allylic oxidation sites excluding steroid dienone is 1. The molecule has 0 fully saturated rings. The van der Waals surface area contributed by atoms with Gasteiger partial charge in [0.1, 0.15) is 11.5 Å². The van der Waals surface area contributed by atoms with E-state index in [0.29, 0.717) is 30.0 Å². The molecule has 1 aliphatic heterocycles. The summed E-state index contributed by atoms with van der Waals surface area (Å²) in [4.78, 5) is 6.73. The van der Waals surface area contributed by atoms with Gasteiger partial charge in [-0.25, -0.2) is 0 Å². The van der Waals surface area contributed by atoms with Crippen molar-refractivity contribution in [1.29, 1.82) is 0 Å². The maximum atomic E-state index is 5.78. The number of nitrogens with one attached hydrogen (secondary N) is 1. The van der Waals surface area contributed by atoms with Gasteiger partial charge < -0.3 is 23.9 Å². The SMILES string of the molecule is CCOc1ccc(C2NC(=S)N(Cc3ccco3)C(C)=C2c2nc(-c3ccccc3)no2)cc1.